The first-order valence-corrected chi connectivity index (χ1v) is 7.91. The summed E-state index contributed by atoms with van der Waals surface area (Å²) in [5.41, 5.74) is 0.130. The third kappa shape index (κ3) is 3.53. The zero-order valence-corrected chi connectivity index (χ0v) is 13.1. The van der Waals surface area contributed by atoms with Gasteiger partial charge in [-0.3, -0.25) is 0 Å². The summed E-state index contributed by atoms with van der Waals surface area (Å²) in [6.07, 6.45) is -1.53. The van der Waals surface area contributed by atoms with Gasteiger partial charge in [0.05, 0.1) is 5.56 Å². The lowest BCUT2D eigenvalue weighted by atomic mass is 9.74. The fourth-order valence-corrected chi connectivity index (χ4v) is 3.15. The van der Waals surface area contributed by atoms with E-state index in [-0.39, 0.29) is 11.2 Å². The van der Waals surface area contributed by atoms with Gasteiger partial charge in [0, 0.05) is 31.4 Å². The first kappa shape index (κ1) is 16.8. The fourth-order valence-electron chi connectivity index (χ4n) is 3.15. The van der Waals surface area contributed by atoms with Crippen LogP contribution in [0.2, 0.25) is 0 Å². The molecule has 0 saturated carbocycles. The lowest BCUT2D eigenvalue weighted by Gasteiger charge is -2.38. The summed E-state index contributed by atoms with van der Waals surface area (Å²) in [4.78, 5) is 3.89. The van der Waals surface area contributed by atoms with Crippen LogP contribution in [-0.4, -0.2) is 24.7 Å². The molecule has 2 heterocycles. The smallest absolute Gasteiger partial charge is 0.381 e. The molecule has 24 heavy (non-hydrogen) atoms. The number of rotatable bonds is 4. The molecule has 0 atom stereocenters. The van der Waals surface area contributed by atoms with Crippen molar-refractivity contribution in [2.75, 3.05) is 25.1 Å². The van der Waals surface area contributed by atoms with E-state index in [0.717, 1.165) is 24.5 Å². The van der Waals surface area contributed by atoms with Crippen LogP contribution in [0.25, 0.3) is 0 Å². The Kier molecular flexibility index (Phi) is 4.76. The van der Waals surface area contributed by atoms with Crippen molar-refractivity contribution in [3.8, 4) is 0 Å². The van der Waals surface area contributed by atoms with Crippen molar-refractivity contribution in [1.82, 2.24) is 4.98 Å². The number of nitrogens with one attached hydrogen (secondary N) is 1. The van der Waals surface area contributed by atoms with Gasteiger partial charge in [-0.2, -0.15) is 13.2 Å². The first-order valence-electron chi connectivity index (χ1n) is 7.91. The van der Waals surface area contributed by atoms with Crippen LogP contribution in [0.5, 0.6) is 0 Å². The van der Waals surface area contributed by atoms with Crippen LogP contribution in [0.3, 0.4) is 0 Å². The van der Waals surface area contributed by atoms with E-state index < -0.39 is 11.7 Å². The number of benzene rings is 1. The van der Waals surface area contributed by atoms with Gasteiger partial charge in [-0.05, 0) is 30.5 Å². The molecule has 3 nitrogen and oxygen atoms in total. The molecule has 0 aliphatic carbocycles. The Hall–Kier alpha value is -2.08. The molecule has 1 saturated heterocycles. The molecule has 1 N–H and O–H groups in total. The Bertz CT molecular complexity index is 667. The van der Waals surface area contributed by atoms with E-state index in [9.17, 15) is 13.2 Å². The standard InChI is InChI=1S/C18H19F3N2O/c19-18(20,21)15-7-4-10-22-16(15)23-13-17(8-11-24-12-9-17)14-5-2-1-3-6-14/h1-7,10H,8-9,11-13H2,(H,22,23). The number of anilines is 1. The minimum Gasteiger partial charge on any atom is -0.381 e. The predicted molar refractivity (Wildman–Crippen MR) is 85.9 cm³/mol. The van der Waals surface area contributed by atoms with E-state index in [1.165, 1.54) is 12.3 Å². The first-order chi connectivity index (χ1) is 11.5. The average molecular weight is 336 g/mol. The Balaban J connectivity index is 1.86. The van der Waals surface area contributed by atoms with Gasteiger partial charge >= 0.3 is 6.18 Å². The van der Waals surface area contributed by atoms with Crippen LogP contribution in [-0.2, 0) is 16.3 Å². The van der Waals surface area contributed by atoms with Gasteiger partial charge in [0.25, 0.3) is 0 Å². The van der Waals surface area contributed by atoms with E-state index in [2.05, 4.69) is 10.3 Å². The molecule has 6 heteroatoms. The number of pyridine rings is 1. The van der Waals surface area contributed by atoms with Crippen molar-refractivity contribution in [3.63, 3.8) is 0 Å². The topological polar surface area (TPSA) is 34.2 Å². The minimum atomic E-state index is -4.42. The third-order valence-corrected chi connectivity index (χ3v) is 4.54. The van der Waals surface area contributed by atoms with E-state index in [4.69, 9.17) is 4.74 Å². The van der Waals surface area contributed by atoms with Gasteiger partial charge < -0.3 is 10.1 Å². The molecular formula is C18H19F3N2O. The number of alkyl halides is 3. The Labute approximate surface area is 138 Å². The molecule has 1 aliphatic heterocycles. The Morgan fingerprint density at radius 2 is 1.75 bits per heavy atom. The molecule has 0 radical (unpaired) electrons. The van der Waals surface area contributed by atoms with Gasteiger partial charge in [0.1, 0.15) is 5.82 Å². The van der Waals surface area contributed by atoms with Crippen molar-refractivity contribution < 1.29 is 17.9 Å². The highest BCUT2D eigenvalue weighted by atomic mass is 19.4. The number of halogens is 3. The molecule has 2 aromatic rings. The minimum absolute atomic E-state index is 0.119. The second-order valence-electron chi connectivity index (χ2n) is 6.01. The molecule has 3 rings (SSSR count). The number of aromatic nitrogens is 1. The van der Waals surface area contributed by atoms with Gasteiger partial charge in [-0.25, -0.2) is 4.98 Å². The largest absolute Gasteiger partial charge is 0.419 e. The number of nitrogens with zero attached hydrogens (tertiary/aromatic N) is 1. The Morgan fingerprint density at radius 1 is 1.04 bits per heavy atom. The third-order valence-electron chi connectivity index (χ3n) is 4.54. The highest BCUT2D eigenvalue weighted by Crippen LogP contribution is 2.37. The number of ether oxygens (including phenoxy) is 1. The van der Waals surface area contributed by atoms with Gasteiger partial charge in [-0.15, -0.1) is 0 Å². The summed E-state index contributed by atoms with van der Waals surface area (Å²) >= 11 is 0. The van der Waals surface area contributed by atoms with E-state index in [0.29, 0.717) is 19.8 Å². The van der Waals surface area contributed by atoms with Crippen molar-refractivity contribution >= 4 is 5.82 Å². The number of hydrogen-bond donors (Lipinski definition) is 1. The molecular weight excluding hydrogens is 317 g/mol. The van der Waals surface area contributed by atoms with Crippen molar-refractivity contribution in [2.45, 2.75) is 24.4 Å². The molecule has 0 bridgehead atoms. The predicted octanol–water partition coefficient (Wildman–Crippen LogP) is 4.26. The molecule has 1 fully saturated rings. The summed E-state index contributed by atoms with van der Waals surface area (Å²) in [6.45, 7) is 1.59. The zero-order chi connectivity index (χ0) is 17.0. The summed E-state index contributed by atoms with van der Waals surface area (Å²) in [6, 6.07) is 12.2. The highest BCUT2D eigenvalue weighted by molar-refractivity contribution is 5.46. The van der Waals surface area contributed by atoms with Gasteiger partial charge in [0.2, 0.25) is 0 Å². The maximum absolute atomic E-state index is 13.1. The summed E-state index contributed by atoms with van der Waals surface area (Å²) in [5.74, 6) is -0.119. The van der Waals surface area contributed by atoms with Crippen LogP contribution in [0.4, 0.5) is 19.0 Å². The quantitative estimate of drug-likeness (QED) is 0.906. The Morgan fingerprint density at radius 3 is 2.42 bits per heavy atom. The van der Waals surface area contributed by atoms with Crippen molar-refractivity contribution in [2.24, 2.45) is 0 Å². The van der Waals surface area contributed by atoms with Crippen LogP contribution in [0.15, 0.2) is 48.7 Å². The molecule has 128 valence electrons. The molecule has 0 spiro atoms. The second kappa shape index (κ2) is 6.81. The highest BCUT2D eigenvalue weighted by Gasteiger charge is 2.37. The molecule has 1 aromatic heterocycles. The normalized spacial score (nSPS) is 17.5. The van der Waals surface area contributed by atoms with E-state index in [1.807, 2.05) is 30.3 Å². The lowest BCUT2D eigenvalue weighted by Crippen LogP contribution is -2.40. The second-order valence-corrected chi connectivity index (χ2v) is 6.01. The van der Waals surface area contributed by atoms with Crippen molar-refractivity contribution in [1.29, 1.82) is 0 Å². The SMILES string of the molecule is FC(F)(F)c1cccnc1NCC1(c2ccccc2)CCOCC1. The van der Waals surface area contributed by atoms with Gasteiger partial charge in [0.15, 0.2) is 0 Å². The summed E-state index contributed by atoms with van der Waals surface area (Å²) in [7, 11) is 0. The van der Waals surface area contributed by atoms with Crippen LogP contribution < -0.4 is 5.32 Å². The van der Waals surface area contributed by atoms with Crippen LogP contribution >= 0.6 is 0 Å². The number of hydrogen-bond acceptors (Lipinski definition) is 3. The lowest BCUT2D eigenvalue weighted by molar-refractivity contribution is -0.137. The average Bonchev–Trinajstić information content (AvgIpc) is 2.61. The summed E-state index contributed by atoms with van der Waals surface area (Å²) < 4.78 is 44.8. The maximum atomic E-state index is 13.1. The maximum Gasteiger partial charge on any atom is 0.419 e. The van der Waals surface area contributed by atoms with E-state index >= 15 is 0 Å². The monoisotopic (exact) mass is 336 g/mol. The zero-order valence-electron chi connectivity index (χ0n) is 13.1. The summed E-state index contributed by atoms with van der Waals surface area (Å²) in [5, 5.41) is 2.94. The molecule has 1 aromatic carbocycles. The molecule has 1 aliphatic rings. The molecule has 0 unspecified atom stereocenters. The fraction of sp³-hybridized carbons (Fsp3) is 0.389. The van der Waals surface area contributed by atoms with Crippen LogP contribution in [0, 0.1) is 0 Å². The van der Waals surface area contributed by atoms with Crippen molar-refractivity contribution in [3.05, 3.63) is 59.8 Å². The van der Waals surface area contributed by atoms with E-state index in [1.54, 1.807) is 0 Å². The molecule has 0 amide bonds. The van der Waals surface area contributed by atoms with Crippen LogP contribution in [0.1, 0.15) is 24.0 Å². The van der Waals surface area contributed by atoms with Gasteiger partial charge in [-0.1, -0.05) is 30.3 Å².